The van der Waals surface area contributed by atoms with E-state index in [1.165, 1.54) is 18.5 Å². The largest absolute Gasteiger partial charge is 0.372 e. The van der Waals surface area contributed by atoms with E-state index in [-0.39, 0.29) is 5.91 Å². The minimum Gasteiger partial charge on any atom is -0.372 e. The highest BCUT2D eigenvalue weighted by molar-refractivity contribution is 5.93. The molecule has 144 valence electrons. The van der Waals surface area contributed by atoms with E-state index in [4.69, 9.17) is 0 Å². The van der Waals surface area contributed by atoms with Crippen LogP contribution in [0.15, 0.2) is 36.7 Å². The van der Waals surface area contributed by atoms with Gasteiger partial charge in [-0.3, -0.25) is 4.79 Å². The molecule has 0 bridgehead atoms. The van der Waals surface area contributed by atoms with Crippen LogP contribution in [0, 0.1) is 5.92 Å². The summed E-state index contributed by atoms with van der Waals surface area (Å²) in [4.78, 5) is 25.1. The van der Waals surface area contributed by atoms with Gasteiger partial charge in [-0.25, -0.2) is 9.97 Å². The fraction of sp³-hybridized carbons (Fsp3) is 0.476. The van der Waals surface area contributed by atoms with Crippen LogP contribution >= 0.6 is 0 Å². The van der Waals surface area contributed by atoms with E-state index in [1.807, 2.05) is 26.0 Å². The van der Waals surface area contributed by atoms with Crippen molar-refractivity contribution >= 4 is 23.2 Å². The van der Waals surface area contributed by atoms with Crippen molar-refractivity contribution in [2.24, 2.45) is 5.92 Å². The van der Waals surface area contributed by atoms with Crippen molar-refractivity contribution in [1.29, 1.82) is 0 Å². The molecule has 1 aromatic carbocycles. The van der Waals surface area contributed by atoms with E-state index >= 15 is 0 Å². The van der Waals surface area contributed by atoms with Gasteiger partial charge in [-0.15, -0.1) is 0 Å². The maximum Gasteiger partial charge on any atom is 0.256 e. The minimum absolute atomic E-state index is 0.0354. The van der Waals surface area contributed by atoms with E-state index in [1.54, 1.807) is 17.3 Å². The number of benzene rings is 1. The summed E-state index contributed by atoms with van der Waals surface area (Å²) in [6.45, 7) is 9.86. The number of nitrogens with zero attached hydrogens (tertiary/aromatic N) is 4. The second-order valence-electron chi connectivity index (χ2n) is 7.11. The molecule has 6 heteroatoms. The maximum atomic E-state index is 12.3. The Kier molecular flexibility index (Phi) is 6.27. The number of piperidine rings is 1. The van der Waals surface area contributed by atoms with Crippen LogP contribution in [0.3, 0.4) is 0 Å². The van der Waals surface area contributed by atoms with Gasteiger partial charge in [-0.2, -0.15) is 0 Å². The Morgan fingerprint density at radius 1 is 1.11 bits per heavy atom. The lowest BCUT2D eigenvalue weighted by Gasteiger charge is -2.32. The third-order valence-corrected chi connectivity index (χ3v) is 5.22. The molecule has 1 aromatic heterocycles. The first kappa shape index (κ1) is 19.1. The molecule has 1 saturated heterocycles. The molecule has 27 heavy (non-hydrogen) atoms. The number of anilines is 3. The summed E-state index contributed by atoms with van der Waals surface area (Å²) in [5.74, 6) is 1.29. The van der Waals surface area contributed by atoms with Crippen molar-refractivity contribution in [3.8, 4) is 0 Å². The number of carbonyl (C=O) groups is 1. The molecule has 2 aromatic rings. The summed E-state index contributed by atoms with van der Waals surface area (Å²) in [7, 11) is 0. The van der Waals surface area contributed by atoms with E-state index in [2.05, 4.69) is 39.2 Å². The van der Waals surface area contributed by atoms with Crippen LogP contribution in [-0.2, 0) is 0 Å². The van der Waals surface area contributed by atoms with Crippen molar-refractivity contribution in [3.63, 3.8) is 0 Å². The summed E-state index contributed by atoms with van der Waals surface area (Å²) in [5.41, 5.74) is 2.71. The molecule has 1 aliphatic rings. The topological polar surface area (TPSA) is 61.4 Å². The van der Waals surface area contributed by atoms with Crippen molar-refractivity contribution in [3.05, 3.63) is 42.2 Å². The molecule has 1 amide bonds. The number of hydrogen-bond donors (Lipinski definition) is 1. The lowest BCUT2D eigenvalue weighted by molar-refractivity contribution is 0.0772. The molecule has 0 atom stereocenters. The minimum atomic E-state index is -0.0354. The van der Waals surface area contributed by atoms with Crippen LogP contribution in [0.25, 0.3) is 0 Å². The van der Waals surface area contributed by atoms with Crippen LogP contribution in [0.4, 0.5) is 17.3 Å². The lowest BCUT2D eigenvalue weighted by Crippen LogP contribution is -2.32. The molecule has 1 aliphatic heterocycles. The Morgan fingerprint density at radius 3 is 2.26 bits per heavy atom. The molecule has 0 radical (unpaired) electrons. The Labute approximate surface area is 161 Å². The zero-order valence-electron chi connectivity index (χ0n) is 16.5. The van der Waals surface area contributed by atoms with Crippen LogP contribution < -0.4 is 10.2 Å². The first-order chi connectivity index (χ1) is 13.1. The quantitative estimate of drug-likeness (QED) is 0.838. The number of aromatic nitrogens is 2. The first-order valence-corrected chi connectivity index (χ1v) is 9.84. The molecule has 0 saturated carbocycles. The van der Waals surface area contributed by atoms with Crippen molar-refractivity contribution in [2.45, 2.75) is 33.6 Å². The molecule has 2 heterocycles. The van der Waals surface area contributed by atoms with Gasteiger partial charge < -0.3 is 15.1 Å². The van der Waals surface area contributed by atoms with Gasteiger partial charge in [0.1, 0.15) is 0 Å². The summed E-state index contributed by atoms with van der Waals surface area (Å²) in [5, 5.41) is 3.20. The SMILES string of the molecule is CCN(CC)C(=O)c1cnc(Nc2ccc(N3CCC(C)CC3)cc2)nc1. The predicted octanol–water partition coefficient (Wildman–Crippen LogP) is 3.94. The number of amides is 1. The van der Waals surface area contributed by atoms with Gasteiger partial charge in [-0.05, 0) is 56.9 Å². The number of rotatable bonds is 6. The smallest absolute Gasteiger partial charge is 0.256 e. The summed E-state index contributed by atoms with van der Waals surface area (Å²) < 4.78 is 0. The fourth-order valence-electron chi connectivity index (χ4n) is 3.35. The maximum absolute atomic E-state index is 12.3. The number of nitrogens with one attached hydrogen (secondary N) is 1. The van der Waals surface area contributed by atoms with E-state index in [0.29, 0.717) is 24.6 Å². The van der Waals surface area contributed by atoms with E-state index < -0.39 is 0 Å². The predicted molar refractivity (Wildman–Crippen MR) is 110 cm³/mol. The molecule has 0 aliphatic carbocycles. The molecular weight excluding hydrogens is 338 g/mol. The van der Waals surface area contributed by atoms with Gasteiger partial charge in [0.2, 0.25) is 5.95 Å². The molecule has 6 nitrogen and oxygen atoms in total. The Hall–Kier alpha value is -2.63. The van der Waals surface area contributed by atoms with E-state index in [9.17, 15) is 4.79 Å². The molecule has 1 N–H and O–H groups in total. The highest BCUT2D eigenvalue weighted by Gasteiger charge is 2.16. The van der Waals surface area contributed by atoms with Gasteiger partial charge in [0.15, 0.2) is 0 Å². The number of hydrogen-bond acceptors (Lipinski definition) is 5. The van der Waals surface area contributed by atoms with Gasteiger partial charge in [0.25, 0.3) is 5.91 Å². The van der Waals surface area contributed by atoms with E-state index in [0.717, 1.165) is 24.7 Å². The second kappa shape index (κ2) is 8.84. The van der Waals surface area contributed by atoms with Crippen LogP contribution in [0.1, 0.15) is 44.0 Å². The molecule has 3 rings (SSSR count). The summed E-state index contributed by atoms with van der Waals surface area (Å²) >= 11 is 0. The third-order valence-electron chi connectivity index (χ3n) is 5.22. The summed E-state index contributed by atoms with van der Waals surface area (Å²) in [6.07, 6.45) is 5.68. The number of carbonyl (C=O) groups excluding carboxylic acids is 1. The average Bonchev–Trinajstić information content (AvgIpc) is 2.71. The lowest BCUT2D eigenvalue weighted by atomic mass is 9.99. The van der Waals surface area contributed by atoms with Crippen molar-refractivity contribution in [1.82, 2.24) is 14.9 Å². The summed E-state index contributed by atoms with van der Waals surface area (Å²) in [6, 6.07) is 8.37. The van der Waals surface area contributed by atoms with Gasteiger partial charge in [-0.1, -0.05) is 6.92 Å². The molecule has 0 spiro atoms. The molecule has 1 fully saturated rings. The molecular formula is C21H29N5O. The highest BCUT2D eigenvalue weighted by atomic mass is 16.2. The third kappa shape index (κ3) is 4.76. The first-order valence-electron chi connectivity index (χ1n) is 9.84. The van der Waals surface area contributed by atoms with Crippen molar-refractivity contribution in [2.75, 3.05) is 36.4 Å². The Morgan fingerprint density at radius 2 is 1.70 bits per heavy atom. The zero-order valence-corrected chi connectivity index (χ0v) is 16.5. The average molecular weight is 367 g/mol. The Balaban J connectivity index is 1.61. The second-order valence-corrected chi connectivity index (χ2v) is 7.11. The normalized spacial score (nSPS) is 14.9. The van der Waals surface area contributed by atoms with Crippen LogP contribution in [-0.4, -0.2) is 47.0 Å². The Bertz CT molecular complexity index is 732. The van der Waals surface area contributed by atoms with Gasteiger partial charge >= 0.3 is 0 Å². The fourth-order valence-corrected chi connectivity index (χ4v) is 3.35. The zero-order chi connectivity index (χ0) is 19.2. The van der Waals surface area contributed by atoms with Gasteiger partial charge in [0, 0.05) is 49.9 Å². The standard InChI is InChI=1S/C21H29N5O/c1-4-25(5-2)20(27)17-14-22-21(23-15-17)24-18-6-8-19(9-7-18)26-12-10-16(3)11-13-26/h6-9,14-16H,4-5,10-13H2,1-3H3,(H,22,23,24). The van der Waals surface area contributed by atoms with Crippen LogP contribution in [0.2, 0.25) is 0 Å². The van der Waals surface area contributed by atoms with Crippen molar-refractivity contribution < 1.29 is 4.79 Å². The van der Waals surface area contributed by atoms with Gasteiger partial charge in [0.05, 0.1) is 5.56 Å². The monoisotopic (exact) mass is 367 g/mol. The van der Waals surface area contributed by atoms with Crippen LogP contribution in [0.5, 0.6) is 0 Å². The highest BCUT2D eigenvalue weighted by Crippen LogP contribution is 2.24. The molecule has 0 unspecified atom stereocenters.